The smallest absolute Gasteiger partial charge is 0.414 e. The molecule has 16 heteroatoms. The first kappa shape index (κ1) is 30.6. The van der Waals surface area contributed by atoms with Crippen molar-refractivity contribution >= 4 is 35.1 Å². The third kappa shape index (κ3) is 7.57. The van der Waals surface area contributed by atoms with E-state index in [2.05, 4.69) is 25.6 Å². The van der Waals surface area contributed by atoms with Gasteiger partial charge in [-0.2, -0.15) is 22.7 Å². The molecule has 0 aliphatic carbocycles. The Morgan fingerprint density at radius 1 is 1.27 bits per heavy atom. The average molecular weight is 584 g/mol. The Balaban J connectivity index is 1.99. The number of aryl methyl sites for hydroxylation is 1. The predicted molar refractivity (Wildman–Crippen MR) is 136 cm³/mol. The molecule has 2 aromatic heterocycles. The second-order valence-corrected chi connectivity index (χ2v) is 11.3. The van der Waals surface area contributed by atoms with Crippen LogP contribution in [-0.2, 0) is 21.6 Å². The van der Waals surface area contributed by atoms with Gasteiger partial charge in [-0.15, -0.1) is 0 Å². The summed E-state index contributed by atoms with van der Waals surface area (Å²) in [4.78, 5) is 37.3. The molecule has 2 aromatic rings. The summed E-state index contributed by atoms with van der Waals surface area (Å²) in [5.41, 5.74) is -2.69. The quantitative estimate of drug-likeness (QED) is 0.408. The van der Waals surface area contributed by atoms with Crippen LogP contribution >= 0.6 is 0 Å². The zero-order chi connectivity index (χ0) is 30.0. The second-order valence-electron chi connectivity index (χ2n) is 9.94. The lowest BCUT2D eigenvalue weighted by atomic mass is 9.99. The molecule has 11 nitrogen and oxygen atoms in total. The van der Waals surface area contributed by atoms with Gasteiger partial charge in [-0.1, -0.05) is 0 Å². The van der Waals surface area contributed by atoms with Crippen molar-refractivity contribution in [3.8, 4) is 6.07 Å². The number of pyridine rings is 2. The fraction of sp³-hybridized carbons (Fsp3) is 0.417. The van der Waals surface area contributed by atoms with E-state index in [9.17, 15) is 27.3 Å². The fourth-order valence-corrected chi connectivity index (χ4v) is 5.00. The van der Waals surface area contributed by atoms with Crippen molar-refractivity contribution < 1.29 is 36.4 Å². The van der Waals surface area contributed by atoms with E-state index in [1.54, 1.807) is 6.92 Å². The number of rotatable bonds is 4. The van der Waals surface area contributed by atoms with Crippen molar-refractivity contribution in [3.05, 3.63) is 52.7 Å². The van der Waals surface area contributed by atoms with Crippen LogP contribution in [0.25, 0.3) is 0 Å². The summed E-state index contributed by atoms with van der Waals surface area (Å²) in [6.45, 7) is 5.70. The topological polar surface area (TPSA) is 156 Å². The number of guanidine groups is 1. The van der Waals surface area contributed by atoms with Crippen LogP contribution in [0.15, 0.2) is 29.4 Å². The van der Waals surface area contributed by atoms with Gasteiger partial charge in [0, 0.05) is 6.20 Å². The lowest BCUT2D eigenvalue weighted by Crippen LogP contribution is -2.57. The van der Waals surface area contributed by atoms with Gasteiger partial charge < -0.3 is 14.6 Å². The van der Waals surface area contributed by atoms with Crippen LogP contribution in [0.5, 0.6) is 0 Å². The zero-order valence-corrected chi connectivity index (χ0v) is 22.8. The number of alkyl halides is 3. The maximum Gasteiger partial charge on any atom is 0.414 e. The number of hydrogen-bond acceptors (Lipinski definition) is 9. The number of halogens is 4. The molecule has 3 heterocycles. The molecule has 0 saturated heterocycles. The molecule has 0 saturated carbocycles. The van der Waals surface area contributed by atoms with E-state index in [1.807, 2.05) is 6.07 Å². The minimum Gasteiger partial charge on any atom is -0.593 e. The van der Waals surface area contributed by atoms with Crippen molar-refractivity contribution in [3.63, 3.8) is 0 Å². The van der Waals surface area contributed by atoms with E-state index in [0.717, 1.165) is 12.1 Å². The summed E-state index contributed by atoms with van der Waals surface area (Å²) >= 11 is -2.44. The van der Waals surface area contributed by atoms with Crippen LogP contribution in [0.3, 0.4) is 0 Å². The number of hydrogen-bond donors (Lipinski definition) is 2. The Morgan fingerprint density at radius 3 is 2.52 bits per heavy atom. The van der Waals surface area contributed by atoms with Gasteiger partial charge in [0.25, 0.3) is 5.91 Å². The molecular formula is C24H25F4N7O4S. The number of ether oxygens (including phenoxy) is 1. The number of nitriles is 1. The number of aliphatic imine (C=N–C) groups is 1. The van der Waals surface area contributed by atoms with Crippen molar-refractivity contribution in [2.45, 2.75) is 51.9 Å². The fourth-order valence-electron chi connectivity index (χ4n) is 3.59. The molecule has 0 aromatic carbocycles. The van der Waals surface area contributed by atoms with Gasteiger partial charge in [-0.05, 0) is 58.4 Å². The molecule has 2 amide bonds. The molecule has 2 atom stereocenters. The first-order valence-corrected chi connectivity index (χ1v) is 12.9. The molecular weight excluding hydrogens is 558 g/mol. The molecule has 214 valence electrons. The predicted octanol–water partition coefficient (Wildman–Crippen LogP) is 3.69. The number of carbonyl (C=O) groups is 2. The van der Waals surface area contributed by atoms with E-state index in [0.29, 0.717) is 9.87 Å². The summed E-state index contributed by atoms with van der Waals surface area (Å²) in [6, 6.07) is 5.43. The molecule has 0 bridgehead atoms. The lowest BCUT2D eigenvalue weighted by Gasteiger charge is -2.37. The summed E-state index contributed by atoms with van der Waals surface area (Å²) in [5.74, 6) is -3.22. The van der Waals surface area contributed by atoms with Crippen molar-refractivity contribution in [1.29, 1.82) is 5.26 Å². The second kappa shape index (κ2) is 11.3. The summed E-state index contributed by atoms with van der Waals surface area (Å²) in [6.07, 6.45) is -4.78. The summed E-state index contributed by atoms with van der Waals surface area (Å²) < 4.78 is 73.2. The molecule has 3 rings (SSSR count). The number of nitrogens with zero attached hydrogens (tertiary/aromatic N) is 5. The summed E-state index contributed by atoms with van der Waals surface area (Å²) in [7, 11) is 0. The van der Waals surface area contributed by atoms with Crippen LogP contribution < -0.4 is 10.6 Å². The molecule has 40 heavy (non-hydrogen) atoms. The third-order valence-corrected chi connectivity index (χ3v) is 6.80. The van der Waals surface area contributed by atoms with Crippen molar-refractivity contribution in [2.75, 3.05) is 17.6 Å². The van der Waals surface area contributed by atoms with Crippen LogP contribution in [-0.4, -0.2) is 60.9 Å². The SMILES string of the molecule is Cc1cc(C#N)cnc1C(=O)Nc1ccc(F)c(C2(C)C[S+]([O-])N(CC(F)(F)F)C(NC(=O)OC(C)(C)C)=N2)n1. The number of aromatic nitrogens is 2. The largest absolute Gasteiger partial charge is 0.593 e. The van der Waals surface area contributed by atoms with E-state index in [-0.39, 0.29) is 17.1 Å². The van der Waals surface area contributed by atoms with Crippen molar-refractivity contribution in [2.24, 2.45) is 4.99 Å². The van der Waals surface area contributed by atoms with Crippen LogP contribution in [0.4, 0.5) is 28.2 Å². The van der Waals surface area contributed by atoms with E-state index in [4.69, 9.17) is 10.00 Å². The Morgan fingerprint density at radius 2 is 1.95 bits per heavy atom. The Hall–Kier alpha value is -3.97. The van der Waals surface area contributed by atoms with Gasteiger partial charge >= 0.3 is 12.3 Å². The highest BCUT2D eigenvalue weighted by Gasteiger charge is 2.49. The average Bonchev–Trinajstić information content (AvgIpc) is 2.80. The Labute approximate surface area is 230 Å². The minimum atomic E-state index is -4.81. The van der Waals surface area contributed by atoms with Crippen LogP contribution in [0, 0.1) is 24.1 Å². The number of carbonyl (C=O) groups excluding carboxylic acids is 2. The van der Waals surface area contributed by atoms with Crippen LogP contribution in [0.2, 0.25) is 0 Å². The number of nitrogens with one attached hydrogen (secondary N) is 2. The van der Waals surface area contributed by atoms with Gasteiger partial charge in [0.05, 0.1) is 16.9 Å². The Kier molecular flexibility index (Phi) is 8.60. The highest BCUT2D eigenvalue weighted by Crippen LogP contribution is 2.35. The molecule has 1 aliphatic heterocycles. The van der Waals surface area contributed by atoms with Gasteiger partial charge in [-0.25, -0.2) is 24.1 Å². The third-order valence-electron chi connectivity index (χ3n) is 5.20. The lowest BCUT2D eigenvalue weighted by molar-refractivity contribution is -0.131. The standard InChI is InChI=1S/C24H25F4N7O4S/c1-13-8-14(9-29)10-30-17(13)19(36)32-16-7-6-15(25)18(31-16)23(5)12-40(38)35(11-24(26,27)28)20(34-23)33-21(37)39-22(2,3)4/h6-8,10H,11-12H2,1-5H3,(H,31,32,36)(H,33,34,37). The normalized spacial score (nSPS) is 19.4. The highest BCUT2D eigenvalue weighted by molar-refractivity contribution is 7.89. The molecule has 0 fully saturated rings. The van der Waals surface area contributed by atoms with Gasteiger partial charge in [0.1, 0.15) is 34.7 Å². The number of anilines is 1. The van der Waals surface area contributed by atoms with Gasteiger partial charge in [-0.3, -0.25) is 10.1 Å². The molecule has 0 radical (unpaired) electrons. The molecule has 2 unspecified atom stereocenters. The monoisotopic (exact) mass is 583 g/mol. The number of alkyl carbamates (subject to hydrolysis) is 1. The molecule has 0 spiro atoms. The van der Waals surface area contributed by atoms with Gasteiger partial charge in [0.2, 0.25) is 5.96 Å². The minimum absolute atomic E-state index is 0.0266. The summed E-state index contributed by atoms with van der Waals surface area (Å²) in [5, 5.41) is 13.5. The molecule has 2 N–H and O–H groups in total. The first-order valence-electron chi connectivity index (χ1n) is 11.6. The van der Waals surface area contributed by atoms with E-state index >= 15 is 4.39 Å². The highest BCUT2D eigenvalue weighted by atomic mass is 32.2. The maximum atomic E-state index is 15.0. The Bertz CT molecular complexity index is 1390. The van der Waals surface area contributed by atoms with Crippen LogP contribution in [0.1, 0.15) is 55.0 Å². The van der Waals surface area contributed by atoms with E-state index < -0.39 is 70.4 Å². The zero-order valence-electron chi connectivity index (χ0n) is 22.0. The number of amides is 2. The van der Waals surface area contributed by atoms with Gasteiger partial charge in [0.15, 0.2) is 17.8 Å². The first-order chi connectivity index (χ1) is 18.4. The molecule has 1 aliphatic rings. The van der Waals surface area contributed by atoms with E-state index in [1.165, 1.54) is 40.0 Å². The van der Waals surface area contributed by atoms with Crippen molar-refractivity contribution in [1.82, 2.24) is 19.6 Å². The maximum absolute atomic E-state index is 15.0.